The van der Waals surface area contributed by atoms with Gasteiger partial charge in [0.2, 0.25) is 5.91 Å². The molecule has 0 aromatic heterocycles. The van der Waals surface area contributed by atoms with Crippen molar-refractivity contribution in [2.24, 2.45) is 0 Å². The van der Waals surface area contributed by atoms with Crippen LogP contribution in [0.5, 0.6) is 5.75 Å². The van der Waals surface area contributed by atoms with E-state index in [4.69, 9.17) is 4.74 Å². The van der Waals surface area contributed by atoms with E-state index in [1.165, 1.54) is 7.11 Å². The second-order valence-corrected chi connectivity index (χ2v) is 4.67. The van der Waals surface area contributed by atoms with E-state index in [2.05, 4.69) is 15.4 Å². The van der Waals surface area contributed by atoms with Crippen molar-refractivity contribution in [2.75, 3.05) is 31.4 Å². The highest BCUT2D eigenvalue weighted by Crippen LogP contribution is 2.22. The fourth-order valence-electron chi connectivity index (χ4n) is 1.98. The molecule has 23 heavy (non-hydrogen) atoms. The normalized spacial score (nSPS) is 9.83. The summed E-state index contributed by atoms with van der Waals surface area (Å²) < 4.78 is 9.82. The molecular formula is C17H18N2O4. The standard InChI is InChI=1S/C17H18N2O4/c1-22-15-6-4-3-5-14(15)18-11-16(20)19-13-9-7-12(8-10-13)17(21)23-2/h3-10,18H,11H2,1-2H3,(H,19,20). The van der Waals surface area contributed by atoms with E-state index in [0.717, 1.165) is 5.69 Å². The van der Waals surface area contributed by atoms with Crippen molar-refractivity contribution in [3.63, 3.8) is 0 Å². The fourth-order valence-corrected chi connectivity index (χ4v) is 1.98. The highest BCUT2D eigenvalue weighted by atomic mass is 16.5. The predicted octanol–water partition coefficient (Wildman–Crippen LogP) is 2.53. The number of ether oxygens (including phenoxy) is 2. The van der Waals surface area contributed by atoms with Gasteiger partial charge in [-0.25, -0.2) is 4.79 Å². The lowest BCUT2D eigenvalue weighted by Gasteiger charge is -2.11. The fraction of sp³-hybridized carbons (Fsp3) is 0.176. The minimum Gasteiger partial charge on any atom is -0.495 e. The zero-order valence-electron chi connectivity index (χ0n) is 13.0. The first-order valence-electron chi connectivity index (χ1n) is 6.99. The number of methoxy groups -OCH3 is 2. The molecule has 0 saturated heterocycles. The number of rotatable bonds is 6. The Morgan fingerprint density at radius 1 is 1.00 bits per heavy atom. The third-order valence-electron chi connectivity index (χ3n) is 3.14. The molecule has 0 fully saturated rings. The van der Waals surface area contributed by atoms with Crippen LogP contribution in [0, 0.1) is 0 Å². The van der Waals surface area contributed by atoms with Crippen molar-refractivity contribution in [2.45, 2.75) is 0 Å². The van der Waals surface area contributed by atoms with Crippen LogP contribution in [0.4, 0.5) is 11.4 Å². The smallest absolute Gasteiger partial charge is 0.337 e. The number of esters is 1. The molecule has 0 bridgehead atoms. The van der Waals surface area contributed by atoms with Gasteiger partial charge in [-0.3, -0.25) is 4.79 Å². The van der Waals surface area contributed by atoms with Crippen LogP contribution < -0.4 is 15.4 Å². The maximum absolute atomic E-state index is 12.0. The number of amides is 1. The molecule has 0 aliphatic rings. The molecule has 0 heterocycles. The molecule has 1 amide bonds. The number of hydrogen-bond donors (Lipinski definition) is 2. The summed E-state index contributed by atoms with van der Waals surface area (Å²) in [6, 6.07) is 13.8. The van der Waals surface area contributed by atoms with Crippen molar-refractivity contribution in [1.82, 2.24) is 0 Å². The molecule has 0 spiro atoms. The topological polar surface area (TPSA) is 76.7 Å². The van der Waals surface area contributed by atoms with Crippen molar-refractivity contribution >= 4 is 23.3 Å². The molecule has 0 saturated carbocycles. The molecule has 120 valence electrons. The van der Waals surface area contributed by atoms with Gasteiger partial charge < -0.3 is 20.1 Å². The third-order valence-corrected chi connectivity index (χ3v) is 3.14. The Hall–Kier alpha value is -3.02. The van der Waals surface area contributed by atoms with E-state index < -0.39 is 5.97 Å². The van der Waals surface area contributed by atoms with E-state index in [-0.39, 0.29) is 12.5 Å². The van der Waals surface area contributed by atoms with Crippen LogP contribution in [0.15, 0.2) is 48.5 Å². The van der Waals surface area contributed by atoms with Crippen molar-refractivity contribution < 1.29 is 19.1 Å². The zero-order valence-corrected chi connectivity index (χ0v) is 13.0. The summed E-state index contributed by atoms with van der Waals surface area (Å²) in [5.41, 5.74) is 1.77. The van der Waals surface area contributed by atoms with E-state index >= 15 is 0 Å². The third kappa shape index (κ3) is 4.47. The Balaban J connectivity index is 1.91. The molecule has 0 aliphatic heterocycles. The van der Waals surface area contributed by atoms with Gasteiger partial charge in [0.25, 0.3) is 0 Å². The number of carbonyl (C=O) groups is 2. The van der Waals surface area contributed by atoms with Crippen molar-refractivity contribution in [3.05, 3.63) is 54.1 Å². The van der Waals surface area contributed by atoms with Crippen LogP contribution in [-0.2, 0) is 9.53 Å². The number of hydrogen-bond acceptors (Lipinski definition) is 5. The Morgan fingerprint density at radius 3 is 2.35 bits per heavy atom. The van der Waals surface area contributed by atoms with Crippen LogP contribution in [0.2, 0.25) is 0 Å². The van der Waals surface area contributed by atoms with Crippen LogP contribution >= 0.6 is 0 Å². The second-order valence-electron chi connectivity index (χ2n) is 4.67. The SMILES string of the molecule is COC(=O)c1ccc(NC(=O)CNc2ccccc2OC)cc1. The molecular weight excluding hydrogens is 296 g/mol. The van der Waals surface area contributed by atoms with Gasteiger partial charge in [0.05, 0.1) is 32.0 Å². The van der Waals surface area contributed by atoms with Crippen molar-refractivity contribution in [3.8, 4) is 5.75 Å². The Kier molecular flexibility index (Phi) is 5.57. The second kappa shape index (κ2) is 7.84. The lowest BCUT2D eigenvalue weighted by Crippen LogP contribution is -2.22. The average Bonchev–Trinajstić information content (AvgIpc) is 2.60. The molecule has 0 atom stereocenters. The highest BCUT2D eigenvalue weighted by Gasteiger charge is 2.07. The molecule has 2 N–H and O–H groups in total. The molecule has 6 heteroatoms. The van der Waals surface area contributed by atoms with Gasteiger partial charge in [-0.1, -0.05) is 12.1 Å². The first-order valence-corrected chi connectivity index (χ1v) is 6.99. The monoisotopic (exact) mass is 314 g/mol. The van der Waals surface area contributed by atoms with E-state index in [1.807, 2.05) is 24.3 Å². The number of nitrogens with one attached hydrogen (secondary N) is 2. The molecule has 2 rings (SSSR count). The van der Waals surface area contributed by atoms with Crippen LogP contribution in [-0.4, -0.2) is 32.6 Å². The van der Waals surface area contributed by atoms with Gasteiger partial charge in [-0.05, 0) is 36.4 Å². The maximum atomic E-state index is 12.0. The predicted molar refractivity (Wildman–Crippen MR) is 87.9 cm³/mol. The lowest BCUT2D eigenvalue weighted by molar-refractivity contribution is -0.114. The molecule has 2 aromatic carbocycles. The summed E-state index contributed by atoms with van der Waals surface area (Å²) in [5.74, 6) is 0.0465. The average molecular weight is 314 g/mol. The van der Waals surface area contributed by atoms with Gasteiger partial charge in [0.15, 0.2) is 0 Å². The Labute approximate surface area is 134 Å². The number of para-hydroxylation sites is 2. The zero-order chi connectivity index (χ0) is 16.7. The Bertz CT molecular complexity index is 683. The van der Waals surface area contributed by atoms with Crippen LogP contribution in [0.1, 0.15) is 10.4 Å². The van der Waals surface area contributed by atoms with Gasteiger partial charge in [-0.15, -0.1) is 0 Å². The molecule has 0 unspecified atom stereocenters. The van der Waals surface area contributed by atoms with Gasteiger partial charge >= 0.3 is 5.97 Å². The lowest BCUT2D eigenvalue weighted by atomic mass is 10.2. The summed E-state index contributed by atoms with van der Waals surface area (Å²) in [4.78, 5) is 23.3. The first-order chi connectivity index (χ1) is 11.1. The quantitative estimate of drug-likeness (QED) is 0.801. The van der Waals surface area contributed by atoms with E-state index in [9.17, 15) is 9.59 Å². The van der Waals surface area contributed by atoms with Crippen LogP contribution in [0.3, 0.4) is 0 Å². The molecule has 0 aliphatic carbocycles. The van der Waals surface area contributed by atoms with E-state index in [1.54, 1.807) is 31.4 Å². The number of benzene rings is 2. The van der Waals surface area contributed by atoms with E-state index in [0.29, 0.717) is 17.0 Å². The molecule has 2 aromatic rings. The Morgan fingerprint density at radius 2 is 1.70 bits per heavy atom. The summed E-state index contributed by atoms with van der Waals surface area (Å²) in [6.45, 7) is 0.0964. The molecule has 6 nitrogen and oxygen atoms in total. The largest absolute Gasteiger partial charge is 0.495 e. The highest BCUT2D eigenvalue weighted by molar-refractivity contribution is 5.95. The summed E-state index contributed by atoms with van der Waals surface area (Å²) in [7, 11) is 2.89. The number of anilines is 2. The van der Waals surface area contributed by atoms with Crippen molar-refractivity contribution in [1.29, 1.82) is 0 Å². The molecule has 0 radical (unpaired) electrons. The first kappa shape index (κ1) is 16.4. The van der Waals surface area contributed by atoms with Gasteiger partial charge in [0, 0.05) is 5.69 Å². The maximum Gasteiger partial charge on any atom is 0.337 e. The number of carbonyl (C=O) groups excluding carboxylic acids is 2. The minimum absolute atomic E-state index is 0.0964. The van der Waals surface area contributed by atoms with Gasteiger partial charge in [0.1, 0.15) is 5.75 Å². The summed E-state index contributed by atoms with van der Waals surface area (Å²) in [5, 5.41) is 5.75. The minimum atomic E-state index is -0.416. The van der Waals surface area contributed by atoms with Gasteiger partial charge in [-0.2, -0.15) is 0 Å². The summed E-state index contributed by atoms with van der Waals surface area (Å²) >= 11 is 0. The summed E-state index contributed by atoms with van der Waals surface area (Å²) in [6.07, 6.45) is 0. The van der Waals surface area contributed by atoms with Crippen LogP contribution in [0.25, 0.3) is 0 Å².